The molecule has 274 valence electrons. The average molecular weight is 726 g/mol. The predicted octanol–water partition coefficient (Wildman–Crippen LogP) is -5.95. The molecule has 0 aromatic carbocycles. The fourth-order valence-corrected chi connectivity index (χ4v) is 6.00. The lowest BCUT2D eigenvalue weighted by Crippen LogP contribution is -2.68. The van der Waals surface area contributed by atoms with Crippen molar-refractivity contribution >= 4 is 25.5 Å². The number of anilines is 1. The number of aliphatic hydroxyl groups excluding tert-OH is 7. The molecular formula is C24H36N7O17P. The van der Waals surface area contributed by atoms with Crippen LogP contribution in [0.2, 0.25) is 0 Å². The Bertz CT molecular complexity index is 1590. The molecule has 49 heavy (non-hydrogen) atoms. The summed E-state index contributed by atoms with van der Waals surface area (Å²) in [6, 6.07) is -0.539. The predicted molar refractivity (Wildman–Crippen MR) is 153 cm³/mol. The highest BCUT2D eigenvalue weighted by Crippen LogP contribution is 2.51. The molecule has 12 atom stereocenters. The zero-order valence-corrected chi connectivity index (χ0v) is 26.3. The van der Waals surface area contributed by atoms with Crippen LogP contribution in [-0.2, 0) is 39.2 Å². The maximum atomic E-state index is 13.0. The number of aliphatic carboxylic acids is 1. The lowest BCUT2D eigenvalue weighted by molar-refractivity contribution is -0.289. The second-order valence-corrected chi connectivity index (χ2v) is 12.6. The van der Waals surface area contributed by atoms with E-state index in [4.69, 9.17) is 24.3 Å². The van der Waals surface area contributed by atoms with Crippen molar-refractivity contribution < 1.29 is 78.4 Å². The number of rotatable bonds is 14. The van der Waals surface area contributed by atoms with Crippen molar-refractivity contribution in [2.75, 3.05) is 18.9 Å². The lowest BCUT2D eigenvalue weighted by Gasteiger charge is -2.46. The van der Waals surface area contributed by atoms with E-state index < -0.39 is 118 Å². The molecule has 2 fully saturated rings. The highest BCUT2D eigenvalue weighted by atomic mass is 31.2. The van der Waals surface area contributed by atoms with E-state index in [1.807, 2.05) is 0 Å². The van der Waals surface area contributed by atoms with Crippen LogP contribution in [-0.4, -0.2) is 150 Å². The standard InChI is InChI=1S/C24H36N7O17P/c1-9(33)10-5-30(29-28-10)6-15(36)27-16-11(34)4-24(22(40)41,47-20(16)17(37)12(35)7-32)48-49(43,44)45-8-13-18(38)19(39)21(46-13)31-3-2-14(25)26-23(31)42/h2-3,5,9,11-13,16-21,32-35,37-39H,4,6-8H2,1H3,(H,27,36)(H,40,41)(H,43,44)(H2,25,26,42)/t9?,11-,12+,13+,16+,17+,18+,19+,20+,21+,24+/m0/s1. The number of phosphoric acid groups is 1. The molecule has 1 amide bonds. The van der Waals surface area contributed by atoms with Crippen molar-refractivity contribution in [3.05, 3.63) is 34.6 Å². The number of aromatic nitrogens is 5. The number of nitrogens with zero attached hydrogens (tertiary/aromatic N) is 5. The number of aliphatic hydroxyl groups is 7. The normalized spacial score (nSPS) is 31.8. The number of hydrogen-bond acceptors (Lipinski definition) is 19. The molecule has 24 nitrogen and oxygen atoms in total. The van der Waals surface area contributed by atoms with Gasteiger partial charge in [-0.2, -0.15) is 4.98 Å². The number of phosphoric ester groups is 1. The largest absolute Gasteiger partial charge is 0.477 e. The van der Waals surface area contributed by atoms with Crippen LogP contribution >= 0.6 is 7.82 Å². The summed E-state index contributed by atoms with van der Waals surface area (Å²) in [6.07, 6.45) is -15.1. The van der Waals surface area contributed by atoms with Gasteiger partial charge in [-0.05, 0) is 13.0 Å². The Kier molecular flexibility index (Phi) is 11.9. The van der Waals surface area contributed by atoms with Crippen LogP contribution in [0.5, 0.6) is 0 Å². The number of carboxylic acid groups (broad SMARTS) is 1. The minimum Gasteiger partial charge on any atom is -0.477 e. The van der Waals surface area contributed by atoms with Gasteiger partial charge in [-0.1, -0.05) is 5.21 Å². The van der Waals surface area contributed by atoms with E-state index in [0.717, 1.165) is 15.4 Å². The Morgan fingerprint density at radius 3 is 2.53 bits per heavy atom. The Labute approximate surface area is 274 Å². The molecule has 4 heterocycles. The molecule has 2 saturated heterocycles. The number of carbonyl (C=O) groups is 2. The maximum absolute atomic E-state index is 13.0. The van der Waals surface area contributed by atoms with Crippen molar-refractivity contribution in [3.63, 3.8) is 0 Å². The molecule has 4 rings (SSSR count). The molecule has 25 heteroatoms. The fourth-order valence-electron chi connectivity index (χ4n) is 5.04. The van der Waals surface area contributed by atoms with Gasteiger partial charge < -0.3 is 66.3 Å². The van der Waals surface area contributed by atoms with Crippen molar-refractivity contribution in [1.82, 2.24) is 29.9 Å². The number of carboxylic acids is 1. The van der Waals surface area contributed by atoms with Crippen LogP contribution < -0.4 is 16.7 Å². The van der Waals surface area contributed by atoms with E-state index in [2.05, 4.69) is 20.6 Å². The smallest absolute Gasteiger partial charge is 0.475 e. The topological polar surface area (TPSA) is 374 Å². The second kappa shape index (κ2) is 15.2. The van der Waals surface area contributed by atoms with Crippen LogP contribution in [0.15, 0.2) is 23.3 Å². The first-order valence-corrected chi connectivity index (χ1v) is 15.9. The first-order valence-electron chi connectivity index (χ1n) is 14.4. The van der Waals surface area contributed by atoms with Crippen LogP contribution in [0.3, 0.4) is 0 Å². The van der Waals surface area contributed by atoms with E-state index in [1.54, 1.807) is 0 Å². The highest BCUT2D eigenvalue weighted by Gasteiger charge is 2.59. The maximum Gasteiger partial charge on any atom is 0.475 e. The van der Waals surface area contributed by atoms with Crippen molar-refractivity contribution in [2.24, 2.45) is 0 Å². The zero-order chi connectivity index (χ0) is 36.4. The van der Waals surface area contributed by atoms with Crippen LogP contribution in [0.25, 0.3) is 0 Å². The molecular weight excluding hydrogens is 689 g/mol. The van der Waals surface area contributed by atoms with E-state index in [-0.39, 0.29) is 11.5 Å². The van der Waals surface area contributed by atoms with Crippen LogP contribution in [0.1, 0.15) is 31.4 Å². The van der Waals surface area contributed by atoms with E-state index in [0.29, 0.717) is 0 Å². The molecule has 2 aliphatic heterocycles. The van der Waals surface area contributed by atoms with Gasteiger partial charge in [-0.15, -0.1) is 5.10 Å². The number of nitrogen functional groups attached to an aromatic ring is 1. The van der Waals surface area contributed by atoms with E-state index in [1.165, 1.54) is 19.2 Å². The number of hydrogen-bond donors (Lipinski definition) is 11. The van der Waals surface area contributed by atoms with Gasteiger partial charge in [0.05, 0.1) is 37.7 Å². The van der Waals surface area contributed by atoms with Gasteiger partial charge in [0.1, 0.15) is 54.7 Å². The SMILES string of the molecule is CC(O)c1cn(CC(=O)N[C@H]2[C@H]([C@H](O)[C@H](O)CO)O[C@](OP(=O)(O)OC[C@H]3O[C@@H](n4ccc(N)nc4=O)[C@H](O)[C@@H]3O)(C(=O)O)C[C@@H]2O)nn1. The summed E-state index contributed by atoms with van der Waals surface area (Å²) < 4.78 is 35.2. The number of ether oxygens (including phenoxy) is 2. The third-order valence-corrected chi connectivity index (χ3v) is 8.56. The van der Waals surface area contributed by atoms with Gasteiger partial charge >= 0.3 is 19.5 Å². The van der Waals surface area contributed by atoms with Crippen LogP contribution in [0, 0.1) is 0 Å². The summed E-state index contributed by atoms with van der Waals surface area (Å²) in [7, 11) is -5.61. The van der Waals surface area contributed by atoms with Gasteiger partial charge in [0, 0.05) is 12.6 Å². The lowest BCUT2D eigenvalue weighted by atomic mass is 9.88. The summed E-state index contributed by atoms with van der Waals surface area (Å²) in [5.41, 5.74) is 4.59. The zero-order valence-electron chi connectivity index (χ0n) is 25.4. The van der Waals surface area contributed by atoms with E-state index >= 15 is 0 Å². The summed E-state index contributed by atoms with van der Waals surface area (Å²) in [6.45, 7) is -1.34. The molecule has 0 aliphatic carbocycles. The number of carbonyl (C=O) groups excluding carboxylic acids is 1. The first kappa shape index (κ1) is 38.3. The van der Waals surface area contributed by atoms with Crippen LogP contribution in [0.4, 0.5) is 5.82 Å². The average Bonchev–Trinajstić information content (AvgIpc) is 3.60. The third kappa shape index (κ3) is 8.64. The molecule has 0 radical (unpaired) electrons. The Morgan fingerprint density at radius 1 is 1.24 bits per heavy atom. The van der Waals surface area contributed by atoms with Crippen molar-refractivity contribution in [1.29, 1.82) is 0 Å². The summed E-state index contributed by atoms with van der Waals surface area (Å²) in [5.74, 6) is -6.51. The quantitative estimate of drug-likeness (QED) is 0.0807. The molecule has 2 unspecified atom stereocenters. The number of nitrogens with one attached hydrogen (secondary N) is 1. The second-order valence-electron chi connectivity index (χ2n) is 11.2. The van der Waals surface area contributed by atoms with Gasteiger partial charge in [0.2, 0.25) is 5.91 Å². The molecule has 2 aromatic rings. The number of amides is 1. The summed E-state index contributed by atoms with van der Waals surface area (Å²) in [5, 5.41) is 91.2. The Balaban J connectivity index is 1.50. The minimum atomic E-state index is -5.61. The number of nitrogens with two attached hydrogens (primary N) is 1. The summed E-state index contributed by atoms with van der Waals surface area (Å²) in [4.78, 5) is 51.3. The third-order valence-electron chi connectivity index (χ3n) is 7.56. The monoisotopic (exact) mass is 725 g/mol. The van der Waals surface area contributed by atoms with Gasteiger partial charge in [0.15, 0.2) is 6.23 Å². The minimum absolute atomic E-state index is 0.117. The highest BCUT2D eigenvalue weighted by molar-refractivity contribution is 7.47. The van der Waals surface area contributed by atoms with Gasteiger partial charge in [-0.25, -0.2) is 23.4 Å². The molecule has 2 aromatic heterocycles. The van der Waals surface area contributed by atoms with Crippen molar-refractivity contribution in [3.8, 4) is 0 Å². The molecule has 0 spiro atoms. The van der Waals surface area contributed by atoms with Crippen molar-refractivity contribution in [2.45, 2.75) is 86.8 Å². The molecule has 2 aliphatic rings. The van der Waals surface area contributed by atoms with Gasteiger partial charge in [-0.3, -0.25) is 13.9 Å². The first-order chi connectivity index (χ1) is 22.9. The fraction of sp³-hybridized carbons (Fsp3) is 0.667. The molecule has 12 N–H and O–H groups in total. The Morgan fingerprint density at radius 2 is 1.94 bits per heavy atom. The molecule has 0 bridgehead atoms. The molecule has 0 saturated carbocycles. The van der Waals surface area contributed by atoms with E-state index in [9.17, 15) is 64.7 Å². The Hall–Kier alpha value is -3.49. The summed E-state index contributed by atoms with van der Waals surface area (Å²) >= 11 is 0. The van der Waals surface area contributed by atoms with Gasteiger partial charge in [0.25, 0.3) is 5.79 Å².